The fourth-order valence-electron chi connectivity index (χ4n) is 1.92. The molecule has 0 saturated heterocycles. The summed E-state index contributed by atoms with van der Waals surface area (Å²) < 4.78 is 6.39. The molecule has 1 aromatic heterocycles. The van der Waals surface area contributed by atoms with Gasteiger partial charge >= 0.3 is 6.09 Å². The molecule has 0 N–H and O–H groups in total. The van der Waals surface area contributed by atoms with Crippen LogP contribution >= 0.6 is 0 Å². The predicted octanol–water partition coefficient (Wildman–Crippen LogP) is 1.79. The van der Waals surface area contributed by atoms with E-state index in [1.165, 1.54) is 17.1 Å². The van der Waals surface area contributed by atoms with E-state index in [0.717, 1.165) is 0 Å². The molecule has 0 radical (unpaired) electrons. The largest absolute Gasteiger partial charge is 0.443 e. The molecule has 1 saturated carbocycles. The molecule has 0 aliphatic heterocycles. The number of hydrogen-bond donors (Lipinski definition) is 0. The summed E-state index contributed by atoms with van der Waals surface area (Å²) in [5.41, 5.74) is -1.02. The second-order valence-corrected chi connectivity index (χ2v) is 5.73. The minimum absolute atomic E-state index is 0.0355. The molecular formula is C13H15N3O3. The highest BCUT2D eigenvalue weighted by Crippen LogP contribution is 2.39. The summed E-state index contributed by atoms with van der Waals surface area (Å²) in [6, 6.07) is 2.11. The van der Waals surface area contributed by atoms with Gasteiger partial charge in [0.15, 0.2) is 0 Å². The third kappa shape index (κ3) is 2.50. The maximum absolute atomic E-state index is 11.8. The van der Waals surface area contributed by atoms with Crippen molar-refractivity contribution in [2.24, 2.45) is 0 Å². The van der Waals surface area contributed by atoms with Crippen LogP contribution in [0.3, 0.4) is 0 Å². The van der Waals surface area contributed by atoms with Crippen LogP contribution in [0, 0.1) is 11.3 Å². The van der Waals surface area contributed by atoms with Gasteiger partial charge in [-0.05, 0) is 20.8 Å². The maximum Gasteiger partial charge on any atom is 0.419 e. The molecule has 0 amide bonds. The van der Waals surface area contributed by atoms with Crippen molar-refractivity contribution in [2.75, 3.05) is 0 Å². The van der Waals surface area contributed by atoms with Crippen LogP contribution in [0.5, 0.6) is 0 Å². The fraction of sp³-hybridized carbons (Fsp3) is 0.538. The molecule has 2 rings (SSSR count). The summed E-state index contributed by atoms with van der Waals surface area (Å²) in [7, 11) is 0. The van der Waals surface area contributed by atoms with Crippen LogP contribution in [0.15, 0.2) is 12.5 Å². The Balaban J connectivity index is 2.18. The molecule has 6 heteroatoms. The zero-order valence-corrected chi connectivity index (χ0v) is 11.1. The average molecular weight is 261 g/mol. The molecule has 1 aliphatic rings. The van der Waals surface area contributed by atoms with E-state index in [-0.39, 0.29) is 18.6 Å². The Kier molecular flexibility index (Phi) is 2.93. The van der Waals surface area contributed by atoms with E-state index in [4.69, 9.17) is 4.74 Å². The molecule has 0 bridgehead atoms. The summed E-state index contributed by atoms with van der Waals surface area (Å²) in [6.07, 6.45) is 2.54. The Labute approximate surface area is 111 Å². The van der Waals surface area contributed by atoms with Gasteiger partial charge in [0.1, 0.15) is 23.1 Å². The number of ether oxygens (including phenoxy) is 1. The Hall–Kier alpha value is -2.16. The number of aromatic nitrogens is 2. The highest BCUT2D eigenvalue weighted by molar-refractivity contribution is 5.89. The summed E-state index contributed by atoms with van der Waals surface area (Å²) in [4.78, 5) is 27.0. The van der Waals surface area contributed by atoms with Crippen molar-refractivity contribution in [3.8, 4) is 6.07 Å². The molecule has 1 fully saturated rings. The number of hydrogen-bond acceptors (Lipinski definition) is 5. The van der Waals surface area contributed by atoms with Gasteiger partial charge < -0.3 is 4.74 Å². The Morgan fingerprint density at radius 3 is 2.63 bits per heavy atom. The molecule has 0 spiro atoms. The molecule has 1 aromatic rings. The molecule has 6 nitrogen and oxygen atoms in total. The van der Waals surface area contributed by atoms with Gasteiger partial charge in [-0.2, -0.15) is 5.26 Å². The number of carbonyl (C=O) groups excluding carboxylic acids is 2. The Morgan fingerprint density at radius 2 is 2.16 bits per heavy atom. The summed E-state index contributed by atoms with van der Waals surface area (Å²) in [5.74, 6) is 0.0355. The smallest absolute Gasteiger partial charge is 0.419 e. The SMILES string of the molecule is CC(C)(C)OC(=O)n1cnc(C2(C#N)CC(=O)C2)c1. The minimum Gasteiger partial charge on any atom is -0.443 e. The quantitative estimate of drug-likeness (QED) is 0.769. The third-order valence-electron chi connectivity index (χ3n) is 2.89. The molecule has 0 aromatic carbocycles. The highest BCUT2D eigenvalue weighted by atomic mass is 16.6. The molecular weight excluding hydrogens is 246 g/mol. The van der Waals surface area contributed by atoms with Crippen molar-refractivity contribution in [3.63, 3.8) is 0 Å². The van der Waals surface area contributed by atoms with Crippen LogP contribution in [-0.2, 0) is 14.9 Å². The van der Waals surface area contributed by atoms with Crippen LogP contribution in [0.25, 0.3) is 0 Å². The fourth-order valence-corrected chi connectivity index (χ4v) is 1.92. The number of ketones is 1. The van der Waals surface area contributed by atoms with Gasteiger partial charge in [-0.1, -0.05) is 0 Å². The lowest BCUT2D eigenvalue weighted by Crippen LogP contribution is -2.40. The second kappa shape index (κ2) is 4.19. The van der Waals surface area contributed by atoms with E-state index in [9.17, 15) is 14.9 Å². The lowest BCUT2D eigenvalue weighted by Gasteiger charge is -2.31. The van der Waals surface area contributed by atoms with Crippen molar-refractivity contribution in [1.29, 1.82) is 5.26 Å². The van der Waals surface area contributed by atoms with Crippen molar-refractivity contribution >= 4 is 11.9 Å². The minimum atomic E-state index is -0.871. The van der Waals surface area contributed by atoms with Crippen LogP contribution < -0.4 is 0 Å². The van der Waals surface area contributed by atoms with E-state index in [0.29, 0.717) is 5.69 Å². The van der Waals surface area contributed by atoms with Crippen LogP contribution in [0.1, 0.15) is 39.3 Å². The molecule has 1 heterocycles. The van der Waals surface area contributed by atoms with E-state index in [2.05, 4.69) is 11.1 Å². The number of imidazole rings is 1. The van der Waals surface area contributed by atoms with Crippen LogP contribution in [-0.4, -0.2) is 27.0 Å². The summed E-state index contributed by atoms with van der Waals surface area (Å²) >= 11 is 0. The number of Topliss-reactive ketones (excluding diaryl/α,β-unsaturated/α-hetero) is 1. The third-order valence-corrected chi connectivity index (χ3v) is 2.89. The van der Waals surface area contributed by atoms with Gasteiger partial charge in [0.2, 0.25) is 0 Å². The lowest BCUT2D eigenvalue weighted by atomic mass is 9.67. The lowest BCUT2D eigenvalue weighted by molar-refractivity contribution is -0.126. The first-order valence-corrected chi connectivity index (χ1v) is 5.96. The van der Waals surface area contributed by atoms with Gasteiger partial charge in [-0.15, -0.1) is 0 Å². The standard InChI is InChI=1S/C13H15N3O3/c1-12(2,3)19-11(18)16-6-10(15-8-16)13(7-14)4-9(17)5-13/h6,8H,4-5H2,1-3H3. The van der Waals surface area contributed by atoms with E-state index in [1.54, 1.807) is 20.8 Å². The first kappa shape index (κ1) is 13.3. The van der Waals surface area contributed by atoms with Gasteiger partial charge in [-0.3, -0.25) is 4.79 Å². The molecule has 0 atom stereocenters. The monoisotopic (exact) mass is 261 g/mol. The number of rotatable bonds is 1. The molecule has 0 unspecified atom stereocenters. The Morgan fingerprint density at radius 1 is 1.53 bits per heavy atom. The zero-order chi connectivity index (χ0) is 14.3. The second-order valence-electron chi connectivity index (χ2n) is 5.73. The zero-order valence-electron chi connectivity index (χ0n) is 11.1. The normalized spacial score (nSPS) is 17.5. The number of nitrogens with zero attached hydrogens (tertiary/aromatic N) is 3. The van der Waals surface area contributed by atoms with Gasteiger partial charge in [-0.25, -0.2) is 14.3 Å². The number of nitriles is 1. The number of carbonyl (C=O) groups is 2. The average Bonchev–Trinajstić information content (AvgIpc) is 2.71. The van der Waals surface area contributed by atoms with Gasteiger partial charge in [0, 0.05) is 19.0 Å². The van der Waals surface area contributed by atoms with Gasteiger partial charge in [0.05, 0.1) is 11.8 Å². The predicted molar refractivity (Wildman–Crippen MR) is 65.4 cm³/mol. The first-order valence-electron chi connectivity index (χ1n) is 5.96. The molecule has 100 valence electrons. The van der Waals surface area contributed by atoms with Crippen LogP contribution in [0.2, 0.25) is 0 Å². The van der Waals surface area contributed by atoms with Crippen molar-refractivity contribution < 1.29 is 14.3 Å². The molecule has 19 heavy (non-hydrogen) atoms. The topological polar surface area (TPSA) is 85.0 Å². The highest BCUT2D eigenvalue weighted by Gasteiger charge is 2.47. The van der Waals surface area contributed by atoms with E-state index in [1.807, 2.05) is 0 Å². The first-order chi connectivity index (χ1) is 8.76. The Bertz CT molecular complexity index is 567. The van der Waals surface area contributed by atoms with Crippen molar-refractivity contribution in [1.82, 2.24) is 9.55 Å². The van der Waals surface area contributed by atoms with E-state index < -0.39 is 17.1 Å². The van der Waals surface area contributed by atoms with Crippen molar-refractivity contribution in [2.45, 2.75) is 44.6 Å². The van der Waals surface area contributed by atoms with Crippen LogP contribution in [0.4, 0.5) is 4.79 Å². The van der Waals surface area contributed by atoms with Gasteiger partial charge in [0.25, 0.3) is 0 Å². The summed E-state index contributed by atoms with van der Waals surface area (Å²) in [5, 5.41) is 9.17. The van der Waals surface area contributed by atoms with Crippen molar-refractivity contribution in [3.05, 3.63) is 18.2 Å². The molecule has 1 aliphatic carbocycles. The van der Waals surface area contributed by atoms with E-state index >= 15 is 0 Å². The summed E-state index contributed by atoms with van der Waals surface area (Å²) in [6.45, 7) is 5.30. The maximum atomic E-state index is 11.8.